The molecule has 1 aromatic carbocycles. The minimum atomic E-state index is -1.62. The van der Waals surface area contributed by atoms with E-state index in [0.29, 0.717) is 23.1 Å². The number of ether oxygens (including phenoxy) is 1. The van der Waals surface area contributed by atoms with Crippen LogP contribution >= 0.6 is 0 Å². The van der Waals surface area contributed by atoms with E-state index in [1.807, 2.05) is 20.8 Å². The molecule has 0 radical (unpaired) electrons. The average molecular weight is 425 g/mol. The number of hydrogen-bond acceptors (Lipinski definition) is 7. The molecule has 162 valence electrons. The lowest BCUT2D eigenvalue weighted by atomic mass is 10.0. The number of aromatic nitrogens is 2. The van der Waals surface area contributed by atoms with Crippen molar-refractivity contribution in [2.24, 2.45) is 5.92 Å². The summed E-state index contributed by atoms with van der Waals surface area (Å²) in [5.74, 6) is -2.46. The summed E-state index contributed by atoms with van der Waals surface area (Å²) in [6.45, 7) is 5.84. The quantitative estimate of drug-likeness (QED) is 0.730. The smallest absolute Gasteiger partial charge is 0.332 e. The van der Waals surface area contributed by atoms with Crippen molar-refractivity contribution in [1.29, 1.82) is 0 Å². The Hall–Kier alpha value is -3.82. The van der Waals surface area contributed by atoms with E-state index in [1.165, 1.54) is 14.1 Å². The van der Waals surface area contributed by atoms with Crippen LogP contribution in [0, 0.1) is 12.8 Å². The van der Waals surface area contributed by atoms with Crippen molar-refractivity contribution in [2.75, 3.05) is 19.4 Å². The predicted molar refractivity (Wildman–Crippen MR) is 110 cm³/mol. The van der Waals surface area contributed by atoms with E-state index in [2.05, 4.69) is 15.3 Å². The molecule has 0 spiro atoms. The summed E-state index contributed by atoms with van der Waals surface area (Å²) in [6, 6.07) is 7.32. The highest BCUT2D eigenvalue weighted by molar-refractivity contribution is 6.27. The fourth-order valence-corrected chi connectivity index (χ4v) is 2.94. The van der Waals surface area contributed by atoms with Crippen molar-refractivity contribution in [1.82, 2.24) is 19.8 Å². The lowest BCUT2D eigenvalue weighted by Crippen LogP contribution is -2.59. The van der Waals surface area contributed by atoms with E-state index in [0.717, 1.165) is 15.5 Å². The van der Waals surface area contributed by atoms with Gasteiger partial charge in [0.1, 0.15) is 11.6 Å². The second-order valence-electron chi connectivity index (χ2n) is 7.49. The molecule has 10 nitrogen and oxygen atoms in total. The van der Waals surface area contributed by atoms with Crippen LogP contribution in [0.5, 0.6) is 11.6 Å². The van der Waals surface area contributed by atoms with Crippen LogP contribution in [0.15, 0.2) is 30.3 Å². The van der Waals surface area contributed by atoms with Gasteiger partial charge in [0.05, 0.1) is 0 Å². The van der Waals surface area contributed by atoms with Crippen molar-refractivity contribution >= 4 is 29.4 Å². The van der Waals surface area contributed by atoms with Gasteiger partial charge in [-0.15, -0.1) is 0 Å². The first-order valence-corrected chi connectivity index (χ1v) is 9.62. The largest absolute Gasteiger partial charge is 0.439 e. The van der Waals surface area contributed by atoms with Gasteiger partial charge in [0.15, 0.2) is 5.92 Å². The zero-order chi connectivity index (χ0) is 22.9. The number of nitrogens with zero attached hydrogens (tertiary/aromatic N) is 4. The van der Waals surface area contributed by atoms with Crippen LogP contribution in [-0.2, 0) is 14.4 Å². The molecule has 1 N–H and O–H groups in total. The summed E-state index contributed by atoms with van der Waals surface area (Å²) < 4.78 is 5.78. The number of anilines is 1. The van der Waals surface area contributed by atoms with Crippen molar-refractivity contribution in [3.05, 3.63) is 41.9 Å². The Kier molecular flexibility index (Phi) is 6.00. The summed E-state index contributed by atoms with van der Waals surface area (Å²) in [7, 11) is 2.44. The number of rotatable bonds is 5. The summed E-state index contributed by atoms with van der Waals surface area (Å²) in [5.41, 5.74) is 1.15. The molecule has 0 unspecified atom stereocenters. The van der Waals surface area contributed by atoms with E-state index in [4.69, 9.17) is 4.74 Å². The topological polar surface area (TPSA) is 122 Å². The van der Waals surface area contributed by atoms with Gasteiger partial charge in [0, 0.05) is 37.5 Å². The summed E-state index contributed by atoms with van der Waals surface area (Å²) in [4.78, 5) is 59.1. The van der Waals surface area contributed by atoms with Crippen LogP contribution in [0.3, 0.4) is 0 Å². The summed E-state index contributed by atoms with van der Waals surface area (Å²) >= 11 is 0. The van der Waals surface area contributed by atoms with E-state index >= 15 is 0 Å². The maximum absolute atomic E-state index is 12.5. The maximum atomic E-state index is 12.5. The average Bonchev–Trinajstić information content (AvgIpc) is 2.72. The second kappa shape index (κ2) is 8.50. The molecule has 0 atom stereocenters. The molecule has 1 saturated heterocycles. The Balaban J connectivity index is 1.71. The predicted octanol–water partition coefficient (Wildman–Crippen LogP) is 2.31. The Morgan fingerprint density at radius 3 is 2.16 bits per heavy atom. The SMILES string of the molecule is Cc1cc(Oc2ccc(NC(=O)C3C(=O)N(C)C(=O)N(C)C3=O)cc2)nc(C(C)C)n1. The monoisotopic (exact) mass is 425 g/mol. The highest BCUT2D eigenvalue weighted by Crippen LogP contribution is 2.24. The molecule has 1 aliphatic rings. The zero-order valence-electron chi connectivity index (χ0n) is 17.9. The number of carbonyl (C=O) groups is 4. The molecule has 0 saturated carbocycles. The van der Waals surface area contributed by atoms with Crippen molar-refractivity contribution in [2.45, 2.75) is 26.7 Å². The van der Waals surface area contributed by atoms with E-state index in [9.17, 15) is 19.2 Å². The van der Waals surface area contributed by atoms with Crippen molar-refractivity contribution in [3.63, 3.8) is 0 Å². The van der Waals surface area contributed by atoms with E-state index in [-0.39, 0.29) is 5.92 Å². The van der Waals surface area contributed by atoms with Gasteiger partial charge >= 0.3 is 6.03 Å². The number of aryl methyl sites for hydroxylation is 1. The molecule has 0 aliphatic carbocycles. The first-order valence-electron chi connectivity index (χ1n) is 9.62. The first kappa shape index (κ1) is 21.9. The molecule has 31 heavy (non-hydrogen) atoms. The highest BCUT2D eigenvalue weighted by atomic mass is 16.5. The number of nitrogens with one attached hydrogen (secondary N) is 1. The van der Waals surface area contributed by atoms with Crippen molar-refractivity contribution < 1.29 is 23.9 Å². The molecule has 3 rings (SSSR count). The molecular weight excluding hydrogens is 402 g/mol. The molecule has 1 aromatic heterocycles. The Morgan fingerprint density at radius 2 is 1.61 bits per heavy atom. The van der Waals surface area contributed by atoms with Crippen LogP contribution in [0.25, 0.3) is 0 Å². The molecular formula is C21H23N5O5. The fraction of sp³-hybridized carbons (Fsp3) is 0.333. The van der Waals surface area contributed by atoms with Crippen LogP contribution in [0.2, 0.25) is 0 Å². The van der Waals surface area contributed by atoms with Gasteiger partial charge in [0.2, 0.25) is 11.8 Å². The number of urea groups is 1. The van der Waals surface area contributed by atoms with Gasteiger partial charge in [-0.1, -0.05) is 13.8 Å². The van der Waals surface area contributed by atoms with Gasteiger partial charge in [0.25, 0.3) is 11.8 Å². The van der Waals surface area contributed by atoms with Gasteiger partial charge < -0.3 is 10.1 Å². The highest BCUT2D eigenvalue weighted by Gasteiger charge is 2.46. The van der Waals surface area contributed by atoms with E-state index in [1.54, 1.807) is 30.3 Å². The van der Waals surface area contributed by atoms with Crippen LogP contribution in [0.1, 0.15) is 31.3 Å². The lowest BCUT2D eigenvalue weighted by Gasteiger charge is -2.32. The van der Waals surface area contributed by atoms with Gasteiger partial charge in [-0.3, -0.25) is 24.2 Å². The van der Waals surface area contributed by atoms with Crippen LogP contribution in [-0.4, -0.2) is 57.6 Å². The lowest BCUT2D eigenvalue weighted by molar-refractivity contribution is -0.151. The van der Waals surface area contributed by atoms with Gasteiger partial charge in [-0.25, -0.2) is 9.78 Å². The first-order chi connectivity index (χ1) is 14.6. The third-order valence-electron chi connectivity index (χ3n) is 4.70. The minimum absolute atomic E-state index is 0.151. The van der Waals surface area contributed by atoms with Crippen LogP contribution in [0.4, 0.5) is 10.5 Å². The molecule has 10 heteroatoms. The number of imide groups is 2. The molecule has 0 bridgehead atoms. The normalized spacial score (nSPS) is 15.0. The third kappa shape index (κ3) is 4.52. The second-order valence-corrected chi connectivity index (χ2v) is 7.49. The van der Waals surface area contributed by atoms with Crippen molar-refractivity contribution in [3.8, 4) is 11.6 Å². The standard InChI is InChI=1S/C21H23N5O5/c1-11(2)17-22-12(3)10-15(24-17)31-14-8-6-13(7-9-14)23-18(27)16-19(28)25(4)21(30)26(5)20(16)29/h6-11,16H,1-5H3,(H,23,27). The number of carbonyl (C=O) groups excluding carboxylic acids is 4. The summed E-state index contributed by atoms with van der Waals surface area (Å²) in [5, 5.41) is 2.53. The number of hydrogen-bond donors (Lipinski definition) is 1. The fourth-order valence-electron chi connectivity index (χ4n) is 2.94. The maximum Gasteiger partial charge on any atom is 0.332 e. The molecule has 1 aliphatic heterocycles. The molecule has 2 aromatic rings. The minimum Gasteiger partial charge on any atom is -0.439 e. The Labute approximate surface area is 179 Å². The third-order valence-corrected chi connectivity index (χ3v) is 4.70. The Morgan fingerprint density at radius 1 is 1.03 bits per heavy atom. The Bertz CT molecular complexity index is 1030. The van der Waals surface area contributed by atoms with Crippen LogP contribution < -0.4 is 10.1 Å². The molecule has 2 heterocycles. The molecule has 1 fully saturated rings. The number of barbiturate groups is 1. The van der Waals surface area contributed by atoms with E-state index < -0.39 is 29.7 Å². The van der Waals surface area contributed by atoms with Gasteiger partial charge in [-0.05, 0) is 31.2 Å². The number of amides is 5. The molecule has 5 amide bonds. The summed E-state index contributed by atoms with van der Waals surface area (Å²) in [6.07, 6.45) is 0. The zero-order valence-corrected chi connectivity index (χ0v) is 17.9. The number of benzene rings is 1. The van der Waals surface area contributed by atoms with Gasteiger partial charge in [-0.2, -0.15) is 4.98 Å².